The third-order valence-electron chi connectivity index (χ3n) is 6.99. The van der Waals surface area contributed by atoms with Gasteiger partial charge in [-0.3, -0.25) is 9.89 Å². The average molecular weight is 436 g/mol. The van der Waals surface area contributed by atoms with Crippen LogP contribution in [0.3, 0.4) is 0 Å². The summed E-state index contributed by atoms with van der Waals surface area (Å²) in [5.74, 6) is 0.478. The van der Waals surface area contributed by atoms with Crippen LogP contribution in [0.15, 0.2) is 36.5 Å². The Hall–Kier alpha value is -2.60. The number of carbonyl (C=O) groups excluding carboxylic acids is 1. The molecule has 1 aromatic heterocycles. The molecule has 0 bridgehead atoms. The zero-order valence-corrected chi connectivity index (χ0v) is 19.7. The van der Waals surface area contributed by atoms with Gasteiger partial charge in [0.25, 0.3) is 0 Å². The van der Waals surface area contributed by atoms with E-state index >= 15 is 0 Å². The van der Waals surface area contributed by atoms with E-state index in [9.17, 15) is 4.79 Å². The first-order valence-electron chi connectivity index (χ1n) is 12.2. The largest absolute Gasteiger partial charge is 0.324 e. The minimum absolute atomic E-state index is 0.101. The first-order valence-corrected chi connectivity index (χ1v) is 12.2. The van der Waals surface area contributed by atoms with Gasteiger partial charge in [0.2, 0.25) is 5.91 Å². The summed E-state index contributed by atoms with van der Waals surface area (Å²) in [7, 11) is 0. The summed E-state index contributed by atoms with van der Waals surface area (Å²) in [6.45, 7) is 7.99. The fourth-order valence-corrected chi connectivity index (χ4v) is 5.29. The van der Waals surface area contributed by atoms with Crippen molar-refractivity contribution >= 4 is 11.6 Å². The number of amides is 1. The van der Waals surface area contributed by atoms with Crippen LogP contribution in [-0.4, -0.2) is 45.3 Å². The third kappa shape index (κ3) is 4.90. The molecule has 1 amide bonds. The molecule has 0 spiro atoms. The van der Waals surface area contributed by atoms with Gasteiger partial charge in [-0.15, -0.1) is 0 Å². The number of nitrogens with one attached hydrogen (secondary N) is 2. The summed E-state index contributed by atoms with van der Waals surface area (Å²) in [6, 6.07) is 7.99. The lowest BCUT2D eigenvalue weighted by Gasteiger charge is -2.39. The van der Waals surface area contributed by atoms with Crippen LogP contribution in [0.25, 0.3) is 11.1 Å². The number of H-pyrrole nitrogens is 1. The molecule has 172 valence electrons. The van der Waals surface area contributed by atoms with E-state index in [4.69, 9.17) is 0 Å². The van der Waals surface area contributed by atoms with Crippen LogP contribution in [0.5, 0.6) is 0 Å². The van der Waals surface area contributed by atoms with E-state index < -0.39 is 0 Å². The van der Waals surface area contributed by atoms with Gasteiger partial charge >= 0.3 is 0 Å². The number of aromatic nitrogens is 2. The van der Waals surface area contributed by atoms with Gasteiger partial charge in [0.1, 0.15) is 6.04 Å². The Bertz CT molecular complexity index is 905. The molecule has 1 aromatic carbocycles. The van der Waals surface area contributed by atoms with Crippen molar-refractivity contribution in [3.8, 4) is 11.1 Å². The number of hydrogen-bond donors (Lipinski definition) is 2. The maximum absolute atomic E-state index is 13.7. The lowest BCUT2D eigenvalue weighted by atomic mass is 9.85. The first-order chi connectivity index (χ1) is 15.6. The summed E-state index contributed by atoms with van der Waals surface area (Å²) >= 11 is 0. The van der Waals surface area contributed by atoms with Crippen LogP contribution < -0.4 is 5.32 Å². The zero-order valence-electron chi connectivity index (χ0n) is 19.7. The topological polar surface area (TPSA) is 64.3 Å². The van der Waals surface area contributed by atoms with Crippen molar-refractivity contribution < 1.29 is 4.79 Å². The number of carbonyl (C=O) groups is 1. The Kier molecular flexibility index (Phi) is 7.30. The number of anilines is 1. The van der Waals surface area contributed by atoms with Gasteiger partial charge in [-0.25, -0.2) is 5.01 Å². The van der Waals surface area contributed by atoms with Crippen LogP contribution >= 0.6 is 0 Å². The highest BCUT2D eigenvalue weighted by Crippen LogP contribution is 2.31. The molecule has 4 rings (SSSR count). The molecule has 0 radical (unpaired) electrons. The highest BCUT2D eigenvalue weighted by molar-refractivity contribution is 5.95. The highest BCUT2D eigenvalue weighted by Gasteiger charge is 2.36. The van der Waals surface area contributed by atoms with E-state index in [-0.39, 0.29) is 11.9 Å². The molecule has 1 aliphatic carbocycles. The molecule has 32 heavy (non-hydrogen) atoms. The predicted molar refractivity (Wildman–Crippen MR) is 130 cm³/mol. The predicted octanol–water partition coefficient (Wildman–Crippen LogP) is 5.43. The Balaban J connectivity index is 1.53. The summed E-state index contributed by atoms with van der Waals surface area (Å²) in [5.41, 5.74) is 5.15. The van der Waals surface area contributed by atoms with Crippen molar-refractivity contribution in [3.05, 3.63) is 47.9 Å². The second-order valence-electron chi connectivity index (χ2n) is 9.20. The number of hydrazine groups is 1. The summed E-state index contributed by atoms with van der Waals surface area (Å²) in [5, 5.41) is 15.1. The van der Waals surface area contributed by atoms with Crippen molar-refractivity contribution in [2.24, 2.45) is 5.92 Å². The second-order valence-corrected chi connectivity index (χ2v) is 9.20. The SMILES string of the molecule is CCN1CC=CN1C(C(=O)Nc1ccc(-c2c(C)n[nH]c2C)cc1)C1CCCCCCC1. The van der Waals surface area contributed by atoms with Crippen molar-refractivity contribution in [1.29, 1.82) is 0 Å². The normalized spacial score (nSPS) is 19.0. The van der Waals surface area contributed by atoms with Crippen LogP contribution in [0.4, 0.5) is 5.69 Å². The zero-order chi connectivity index (χ0) is 22.5. The van der Waals surface area contributed by atoms with Crippen LogP contribution in [-0.2, 0) is 4.79 Å². The van der Waals surface area contributed by atoms with Gasteiger partial charge in [-0.2, -0.15) is 5.10 Å². The van der Waals surface area contributed by atoms with E-state index in [2.05, 4.69) is 56.9 Å². The molecular weight excluding hydrogens is 398 g/mol. The van der Waals surface area contributed by atoms with Gasteiger partial charge in [-0.1, -0.05) is 57.2 Å². The minimum Gasteiger partial charge on any atom is -0.324 e. The Labute approximate surface area is 192 Å². The molecule has 6 nitrogen and oxygen atoms in total. The van der Waals surface area contributed by atoms with Gasteiger partial charge in [0.05, 0.1) is 5.69 Å². The number of aryl methyl sites for hydroxylation is 2. The molecule has 1 atom stereocenters. The lowest BCUT2D eigenvalue weighted by Crippen LogP contribution is -2.52. The number of hydrogen-bond acceptors (Lipinski definition) is 4. The van der Waals surface area contributed by atoms with Crippen molar-refractivity contribution in [2.45, 2.75) is 71.8 Å². The van der Waals surface area contributed by atoms with E-state index in [1.165, 1.54) is 32.1 Å². The van der Waals surface area contributed by atoms with E-state index in [0.717, 1.165) is 54.1 Å². The molecule has 2 N–H and O–H groups in total. The fourth-order valence-electron chi connectivity index (χ4n) is 5.29. The van der Waals surface area contributed by atoms with Crippen LogP contribution in [0, 0.1) is 19.8 Å². The van der Waals surface area contributed by atoms with E-state index in [1.807, 2.05) is 26.0 Å². The van der Waals surface area contributed by atoms with E-state index in [1.54, 1.807) is 0 Å². The maximum atomic E-state index is 13.7. The molecule has 1 fully saturated rings. The van der Waals surface area contributed by atoms with Gasteiger partial charge < -0.3 is 10.3 Å². The molecule has 2 aromatic rings. The van der Waals surface area contributed by atoms with E-state index in [0.29, 0.717) is 5.92 Å². The lowest BCUT2D eigenvalue weighted by molar-refractivity contribution is -0.129. The third-order valence-corrected chi connectivity index (χ3v) is 6.99. The quantitative estimate of drug-likeness (QED) is 0.635. The van der Waals surface area contributed by atoms with Gasteiger partial charge in [0.15, 0.2) is 0 Å². The number of aromatic amines is 1. The maximum Gasteiger partial charge on any atom is 0.248 e. The van der Waals surface area contributed by atoms with Gasteiger partial charge in [0, 0.05) is 36.2 Å². The minimum atomic E-state index is -0.162. The molecule has 1 saturated carbocycles. The van der Waals surface area contributed by atoms with Crippen LogP contribution in [0.2, 0.25) is 0 Å². The summed E-state index contributed by atoms with van der Waals surface area (Å²) in [6.07, 6.45) is 12.9. The Morgan fingerprint density at radius 3 is 2.44 bits per heavy atom. The monoisotopic (exact) mass is 435 g/mol. The summed E-state index contributed by atoms with van der Waals surface area (Å²) < 4.78 is 0. The molecule has 6 heteroatoms. The molecule has 1 unspecified atom stereocenters. The Morgan fingerprint density at radius 1 is 1.12 bits per heavy atom. The standard InChI is InChI=1S/C26H37N5O/c1-4-30-17-10-18-31(30)25(22-11-8-6-5-7-9-12-22)26(32)27-23-15-13-21(14-16-23)24-19(2)28-29-20(24)3/h10,13-16,18,22,25H,4-9,11-12,17H2,1-3H3,(H,27,32)(H,28,29). The number of likely N-dealkylation sites (N-methyl/N-ethyl adjacent to an activating group) is 1. The summed E-state index contributed by atoms with van der Waals surface area (Å²) in [4.78, 5) is 13.7. The van der Waals surface area contributed by atoms with Crippen molar-refractivity contribution in [3.63, 3.8) is 0 Å². The highest BCUT2D eigenvalue weighted by atomic mass is 16.2. The average Bonchev–Trinajstić information content (AvgIpc) is 3.36. The Morgan fingerprint density at radius 2 is 1.81 bits per heavy atom. The van der Waals surface area contributed by atoms with Crippen molar-refractivity contribution in [2.75, 3.05) is 18.4 Å². The fraction of sp³-hybridized carbons (Fsp3) is 0.538. The molecular formula is C26H37N5O. The van der Waals surface area contributed by atoms with Crippen LogP contribution in [0.1, 0.15) is 63.3 Å². The molecule has 1 aliphatic heterocycles. The molecule has 0 saturated heterocycles. The number of nitrogens with zero attached hydrogens (tertiary/aromatic N) is 3. The number of rotatable bonds is 6. The smallest absolute Gasteiger partial charge is 0.248 e. The molecule has 2 heterocycles. The van der Waals surface area contributed by atoms with Crippen molar-refractivity contribution in [1.82, 2.24) is 20.2 Å². The molecule has 2 aliphatic rings. The first kappa shape index (κ1) is 22.6. The number of benzene rings is 1. The second kappa shape index (κ2) is 10.3. The van der Waals surface area contributed by atoms with Gasteiger partial charge in [-0.05, 0) is 50.3 Å².